The van der Waals surface area contributed by atoms with Gasteiger partial charge in [-0.1, -0.05) is 13.0 Å². The van der Waals surface area contributed by atoms with Crippen LogP contribution in [-0.4, -0.2) is 34.4 Å². The molecule has 2 rings (SSSR count). The van der Waals surface area contributed by atoms with Crippen molar-refractivity contribution in [3.63, 3.8) is 0 Å². The standard InChI is InChI=1S/C16H20N4O/c1-3-8-18-15-11-13(7-10-19-15)16(21)20(2)12-14-6-4-5-9-17-14/h4-7,9-11H,3,8,12H2,1-2H3,(H,18,19). The maximum absolute atomic E-state index is 12.4. The van der Waals surface area contributed by atoms with E-state index in [0.29, 0.717) is 12.1 Å². The van der Waals surface area contributed by atoms with Crippen molar-refractivity contribution >= 4 is 11.7 Å². The molecule has 0 saturated carbocycles. The highest BCUT2D eigenvalue weighted by Crippen LogP contribution is 2.10. The van der Waals surface area contributed by atoms with Gasteiger partial charge in [0, 0.05) is 31.5 Å². The summed E-state index contributed by atoms with van der Waals surface area (Å²) in [6, 6.07) is 9.20. The molecule has 0 unspecified atom stereocenters. The number of aromatic nitrogens is 2. The van der Waals surface area contributed by atoms with Crippen molar-refractivity contribution < 1.29 is 4.79 Å². The molecule has 110 valence electrons. The molecule has 0 spiro atoms. The van der Waals surface area contributed by atoms with Gasteiger partial charge in [0.25, 0.3) is 5.91 Å². The van der Waals surface area contributed by atoms with Gasteiger partial charge in [-0.3, -0.25) is 9.78 Å². The van der Waals surface area contributed by atoms with Crippen molar-refractivity contribution in [3.8, 4) is 0 Å². The predicted molar refractivity (Wildman–Crippen MR) is 83.1 cm³/mol. The second kappa shape index (κ2) is 7.38. The first-order chi connectivity index (χ1) is 10.2. The highest BCUT2D eigenvalue weighted by Gasteiger charge is 2.13. The Morgan fingerprint density at radius 1 is 1.24 bits per heavy atom. The molecule has 0 aliphatic carbocycles. The van der Waals surface area contributed by atoms with Crippen LogP contribution in [-0.2, 0) is 6.54 Å². The predicted octanol–water partition coefficient (Wildman–Crippen LogP) is 2.57. The molecule has 0 fully saturated rings. The SMILES string of the molecule is CCCNc1cc(C(=O)N(C)Cc2ccccn2)ccn1. The Morgan fingerprint density at radius 2 is 2.10 bits per heavy atom. The molecule has 0 atom stereocenters. The number of carbonyl (C=O) groups is 1. The number of hydrogen-bond donors (Lipinski definition) is 1. The molecule has 0 bridgehead atoms. The van der Waals surface area contributed by atoms with E-state index in [1.807, 2.05) is 18.2 Å². The van der Waals surface area contributed by atoms with Crippen LogP contribution in [0.25, 0.3) is 0 Å². The summed E-state index contributed by atoms with van der Waals surface area (Å²) in [4.78, 5) is 22.5. The third-order valence-electron chi connectivity index (χ3n) is 3.04. The topological polar surface area (TPSA) is 58.1 Å². The second-order valence-electron chi connectivity index (χ2n) is 4.84. The average molecular weight is 284 g/mol. The van der Waals surface area contributed by atoms with Crippen LogP contribution in [0.1, 0.15) is 29.4 Å². The molecule has 0 aromatic carbocycles. The average Bonchev–Trinajstić information content (AvgIpc) is 2.53. The van der Waals surface area contributed by atoms with Gasteiger partial charge in [-0.2, -0.15) is 0 Å². The van der Waals surface area contributed by atoms with Crippen molar-refractivity contribution in [2.24, 2.45) is 0 Å². The molecule has 0 radical (unpaired) electrons. The summed E-state index contributed by atoms with van der Waals surface area (Å²) >= 11 is 0. The van der Waals surface area contributed by atoms with E-state index < -0.39 is 0 Å². The number of anilines is 1. The molecule has 0 saturated heterocycles. The summed E-state index contributed by atoms with van der Waals surface area (Å²) in [5.41, 5.74) is 1.49. The number of rotatable bonds is 6. The normalized spacial score (nSPS) is 10.2. The summed E-state index contributed by atoms with van der Waals surface area (Å²) in [6.07, 6.45) is 4.39. The fourth-order valence-electron chi connectivity index (χ4n) is 1.94. The summed E-state index contributed by atoms with van der Waals surface area (Å²) in [5.74, 6) is 0.691. The summed E-state index contributed by atoms with van der Waals surface area (Å²) in [6.45, 7) is 3.41. The first-order valence-electron chi connectivity index (χ1n) is 7.06. The Labute approximate surface area is 125 Å². The lowest BCUT2D eigenvalue weighted by molar-refractivity contribution is 0.0783. The lowest BCUT2D eigenvalue weighted by Gasteiger charge is -2.17. The van der Waals surface area contributed by atoms with Crippen LogP contribution in [0.4, 0.5) is 5.82 Å². The maximum atomic E-state index is 12.4. The number of amides is 1. The van der Waals surface area contributed by atoms with Gasteiger partial charge in [-0.15, -0.1) is 0 Å². The number of carbonyl (C=O) groups excluding carboxylic acids is 1. The fourth-order valence-corrected chi connectivity index (χ4v) is 1.94. The summed E-state index contributed by atoms with van der Waals surface area (Å²) in [7, 11) is 1.77. The van der Waals surface area contributed by atoms with E-state index in [2.05, 4.69) is 22.2 Å². The van der Waals surface area contributed by atoms with Crippen LogP contribution in [0.2, 0.25) is 0 Å². The fraction of sp³-hybridized carbons (Fsp3) is 0.312. The second-order valence-corrected chi connectivity index (χ2v) is 4.84. The van der Waals surface area contributed by atoms with Gasteiger partial charge in [0.05, 0.1) is 12.2 Å². The van der Waals surface area contributed by atoms with Gasteiger partial charge in [-0.05, 0) is 30.7 Å². The Bertz CT molecular complexity index is 586. The molecule has 5 nitrogen and oxygen atoms in total. The summed E-state index contributed by atoms with van der Waals surface area (Å²) < 4.78 is 0. The number of pyridine rings is 2. The third-order valence-corrected chi connectivity index (χ3v) is 3.04. The van der Waals surface area contributed by atoms with Crippen LogP contribution < -0.4 is 5.32 Å². The molecule has 1 N–H and O–H groups in total. The van der Waals surface area contributed by atoms with Gasteiger partial charge in [-0.25, -0.2) is 4.98 Å². The Hall–Kier alpha value is -2.43. The molecule has 2 aromatic heterocycles. The molecule has 21 heavy (non-hydrogen) atoms. The zero-order chi connectivity index (χ0) is 15.1. The van der Waals surface area contributed by atoms with Crippen LogP contribution in [0.5, 0.6) is 0 Å². The molecule has 5 heteroatoms. The van der Waals surface area contributed by atoms with Crippen molar-refractivity contribution in [2.45, 2.75) is 19.9 Å². The van der Waals surface area contributed by atoms with Gasteiger partial charge in [0.1, 0.15) is 5.82 Å². The van der Waals surface area contributed by atoms with E-state index in [4.69, 9.17) is 0 Å². The van der Waals surface area contributed by atoms with Gasteiger partial charge >= 0.3 is 0 Å². The minimum atomic E-state index is -0.0393. The van der Waals surface area contributed by atoms with E-state index >= 15 is 0 Å². The lowest BCUT2D eigenvalue weighted by atomic mass is 10.2. The van der Waals surface area contributed by atoms with Gasteiger partial charge in [0.15, 0.2) is 0 Å². The minimum Gasteiger partial charge on any atom is -0.370 e. The molecular weight excluding hydrogens is 264 g/mol. The maximum Gasteiger partial charge on any atom is 0.254 e. The lowest BCUT2D eigenvalue weighted by Crippen LogP contribution is -2.26. The Morgan fingerprint density at radius 3 is 2.81 bits per heavy atom. The minimum absolute atomic E-state index is 0.0393. The van der Waals surface area contributed by atoms with Crippen molar-refractivity contribution in [3.05, 3.63) is 54.0 Å². The molecule has 2 heterocycles. The van der Waals surface area contributed by atoms with Crippen LogP contribution in [0.3, 0.4) is 0 Å². The number of nitrogens with zero attached hydrogens (tertiary/aromatic N) is 3. The monoisotopic (exact) mass is 284 g/mol. The highest BCUT2D eigenvalue weighted by atomic mass is 16.2. The van der Waals surface area contributed by atoms with Crippen LogP contribution in [0, 0.1) is 0 Å². The van der Waals surface area contributed by atoms with E-state index in [9.17, 15) is 4.79 Å². The van der Waals surface area contributed by atoms with E-state index in [1.165, 1.54) is 0 Å². The van der Waals surface area contributed by atoms with Crippen LogP contribution >= 0.6 is 0 Å². The molecular formula is C16H20N4O. The number of hydrogen-bond acceptors (Lipinski definition) is 4. The largest absolute Gasteiger partial charge is 0.370 e. The van der Waals surface area contributed by atoms with E-state index in [-0.39, 0.29) is 5.91 Å². The summed E-state index contributed by atoms with van der Waals surface area (Å²) in [5, 5.41) is 3.18. The van der Waals surface area contributed by atoms with Crippen molar-refractivity contribution in [1.82, 2.24) is 14.9 Å². The molecule has 1 amide bonds. The first-order valence-corrected chi connectivity index (χ1v) is 7.06. The van der Waals surface area contributed by atoms with Gasteiger partial charge < -0.3 is 10.2 Å². The zero-order valence-corrected chi connectivity index (χ0v) is 12.4. The third kappa shape index (κ3) is 4.27. The Kier molecular flexibility index (Phi) is 5.26. The van der Waals surface area contributed by atoms with Gasteiger partial charge in [0.2, 0.25) is 0 Å². The van der Waals surface area contributed by atoms with E-state index in [0.717, 1.165) is 24.5 Å². The highest BCUT2D eigenvalue weighted by molar-refractivity contribution is 5.94. The van der Waals surface area contributed by atoms with E-state index in [1.54, 1.807) is 36.5 Å². The Balaban J connectivity index is 2.05. The van der Waals surface area contributed by atoms with Crippen molar-refractivity contribution in [1.29, 1.82) is 0 Å². The molecule has 0 aliphatic rings. The smallest absolute Gasteiger partial charge is 0.254 e. The number of nitrogens with one attached hydrogen (secondary N) is 1. The molecule has 2 aromatic rings. The zero-order valence-electron chi connectivity index (χ0n) is 12.4. The quantitative estimate of drug-likeness (QED) is 0.885. The van der Waals surface area contributed by atoms with Crippen LogP contribution in [0.15, 0.2) is 42.7 Å². The first kappa shape index (κ1) is 15.0. The van der Waals surface area contributed by atoms with Crippen molar-refractivity contribution in [2.75, 3.05) is 18.9 Å². The molecule has 0 aliphatic heterocycles.